The molecule has 0 bridgehead atoms. The molecule has 150 valence electrons. The number of oxazole rings is 1. The fourth-order valence-electron chi connectivity index (χ4n) is 3.65. The molecule has 1 fully saturated rings. The Kier molecular flexibility index (Phi) is 5.51. The van der Waals surface area contributed by atoms with E-state index in [1.807, 2.05) is 29.2 Å². The fraction of sp³-hybridized carbons (Fsp3) is 0.304. The third-order valence-electron chi connectivity index (χ3n) is 5.21. The van der Waals surface area contributed by atoms with Crippen molar-refractivity contribution in [2.45, 2.75) is 18.8 Å². The quantitative estimate of drug-likeness (QED) is 0.581. The van der Waals surface area contributed by atoms with Crippen molar-refractivity contribution in [3.8, 4) is 11.5 Å². The number of hydrogen-bond acceptors (Lipinski definition) is 5. The number of aromatic nitrogens is 1. The third-order valence-corrected chi connectivity index (χ3v) is 5.21. The number of benzene rings is 2. The highest BCUT2D eigenvalue weighted by Gasteiger charge is 2.28. The topological polar surface area (TPSA) is 64.8 Å². The van der Waals surface area contributed by atoms with Crippen molar-refractivity contribution in [1.82, 2.24) is 9.88 Å². The maximum Gasteiger partial charge on any atom is 0.253 e. The summed E-state index contributed by atoms with van der Waals surface area (Å²) < 4.78 is 16.8. The fourth-order valence-corrected chi connectivity index (χ4v) is 3.65. The van der Waals surface area contributed by atoms with E-state index in [4.69, 9.17) is 13.9 Å². The van der Waals surface area contributed by atoms with Crippen molar-refractivity contribution in [3.05, 3.63) is 66.6 Å². The van der Waals surface area contributed by atoms with Gasteiger partial charge in [0, 0.05) is 24.6 Å². The molecule has 2 heterocycles. The van der Waals surface area contributed by atoms with Gasteiger partial charge in [-0.05, 0) is 43.2 Å². The predicted molar refractivity (Wildman–Crippen MR) is 111 cm³/mol. The molecule has 4 rings (SSSR count). The third kappa shape index (κ3) is 3.97. The Hall–Kier alpha value is -3.28. The zero-order chi connectivity index (χ0) is 20.2. The van der Waals surface area contributed by atoms with Crippen LogP contribution in [0.25, 0.3) is 11.1 Å². The molecule has 1 saturated heterocycles. The highest BCUT2D eigenvalue weighted by atomic mass is 16.5. The minimum Gasteiger partial charge on any atom is -0.493 e. The average Bonchev–Trinajstić information content (AvgIpc) is 3.21. The summed E-state index contributed by atoms with van der Waals surface area (Å²) in [5, 5.41) is 0. The Bertz CT molecular complexity index is 986. The van der Waals surface area contributed by atoms with Crippen LogP contribution in [0.2, 0.25) is 0 Å². The smallest absolute Gasteiger partial charge is 0.253 e. The van der Waals surface area contributed by atoms with Crippen LogP contribution in [0.3, 0.4) is 0 Å². The van der Waals surface area contributed by atoms with Gasteiger partial charge < -0.3 is 18.8 Å². The molecule has 0 saturated carbocycles. The van der Waals surface area contributed by atoms with Gasteiger partial charge in [0.25, 0.3) is 5.91 Å². The molecule has 0 spiro atoms. The lowest BCUT2D eigenvalue weighted by molar-refractivity contribution is 0.0706. The first-order chi connectivity index (χ1) is 14.2. The Balaban J connectivity index is 1.42. The molecular formula is C23H24N2O4. The largest absolute Gasteiger partial charge is 0.493 e. The van der Waals surface area contributed by atoms with Crippen molar-refractivity contribution in [2.24, 2.45) is 0 Å². The molecule has 6 nitrogen and oxygen atoms in total. The number of likely N-dealkylation sites (tertiary alicyclic amines) is 1. The van der Waals surface area contributed by atoms with Crippen LogP contribution in [0, 0.1) is 0 Å². The highest BCUT2D eigenvalue weighted by molar-refractivity contribution is 5.95. The number of nitrogens with zero attached hydrogens (tertiary/aromatic N) is 2. The number of hydrogen-bond donors (Lipinski definition) is 0. The molecule has 1 amide bonds. The van der Waals surface area contributed by atoms with Crippen molar-refractivity contribution < 1.29 is 18.7 Å². The van der Waals surface area contributed by atoms with E-state index in [2.05, 4.69) is 11.6 Å². The summed E-state index contributed by atoms with van der Waals surface area (Å²) >= 11 is 0. The van der Waals surface area contributed by atoms with Crippen LogP contribution in [0.5, 0.6) is 11.5 Å². The van der Waals surface area contributed by atoms with Crippen molar-refractivity contribution in [2.75, 3.05) is 26.8 Å². The molecule has 0 unspecified atom stereocenters. The molecule has 1 aromatic heterocycles. The molecule has 1 aliphatic heterocycles. The summed E-state index contributed by atoms with van der Waals surface area (Å²) in [6, 6.07) is 13.1. The van der Waals surface area contributed by atoms with Gasteiger partial charge in [0.1, 0.15) is 12.1 Å². The number of amides is 1. The minimum absolute atomic E-state index is 0.00501. The summed E-state index contributed by atoms with van der Waals surface area (Å²) in [5.41, 5.74) is 2.28. The average molecular weight is 392 g/mol. The molecule has 0 radical (unpaired) electrons. The highest BCUT2D eigenvalue weighted by Crippen LogP contribution is 2.32. The lowest BCUT2D eigenvalue weighted by Gasteiger charge is -2.30. The molecule has 2 aromatic carbocycles. The molecule has 3 aromatic rings. The van der Waals surface area contributed by atoms with E-state index in [9.17, 15) is 4.79 Å². The van der Waals surface area contributed by atoms with Gasteiger partial charge >= 0.3 is 0 Å². The maximum absolute atomic E-state index is 13.0. The molecule has 29 heavy (non-hydrogen) atoms. The van der Waals surface area contributed by atoms with Gasteiger partial charge in [-0.15, -0.1) is 0 Å². The van der Waals surface area contributed by atoms with E-state index in [0.29, 0.717) is 36.8 Å². The second-order valence-corrected chi connectivity index (χ2v) is 7.05. The van der Waals surface area contributed by atoms with E-state index in [-0.39, 0.29) is 11.8 Å². The molecule has 0 aliphatic carbocycles. The van der Waals surface area contributed by atoms with E-state index in [1.165, 1.54) is 0 Å². The Labute approximate surface area is 169 Å². The standard InChI is InChI=1S/C23H24N2O4/c1-3-14-28-20-9-8-17(15-21(20)27-2)23(26)25-12-10-16(11-13-25)22-24-18-6-4-5-7-19(18)29-22/h3-9,15-16H,1,10-14H2,2H3. The molecule has 0 atom stereocenters. The molecule has 0 N–H and O–H groups in total. The number of carbonyl (C=O) groups excluding carboxylic acids is 1. The Morgan fingerprint density at radius 1 is 1.24 bits per heavy atom. The first-order valence-electron chi connectivity index (χ1n) is 9.76. The summed E-state index contributed by atoms with van der Waals surface area (Å²) in [6.45, 7) is 5.35. The van der Waals surface area contributed by atoms with E-state index in [0.717, 1.165) is 29.8 Å². The molecule has 6 heteroatoms. The van der Waals surface area contributed by atoms with Gasteiger partial charge in [-0.3, -0.25) is 4.79 Å². The summed E-state index contributed by atoms with van der Waals surface area (Å²) in [5.74, 6) is 2.13. The monoisotopic (exact) mass is 392 g/mol. The van der Waals surface area contributed by atoms with E-state index >= 15 is 0 Å². The van der Waals surface area contributed by atoms with Crippen molar-refractivity contribution >= 4 is 17.0 Å². The van der Waals surface area contributed by atoms with Crippen molar-refractivity contribution in [1.29, 1.82) is 0 Å². The first kappa shape index (κ1) is 19.1. The lowest BCUT2D eigenvalue weighted by Crippen LogP contribution is -2.38. The van der Waals surface area contributed by atoms with Crippen LogP contribution in [0.1, 0.15) is 35.0 Å². The predicted octanol–water partition coefficient (Wildman–Crippen LogP) is 4.42. The number of rotatable bonds is 6. The van der Waals surface area contributed by atoms with Crippen LogP contribution >= 0.6 is 0 Å². The minimum atomic E-state index is -0.00501. The zero-order valence-corrected chi connectivity index (χ0v) is 16.5. The molecule has 1 aliphatic rings. The second-order valence-electron chi connectivity index (χ2n) is 7.05. The van der Waals surface area contributed by atoms with E-state index in [1.54, 1.807) is 31.4 Å². The zero-order valence-electron chi connectivity index (χ0n) is 16.5. The molecular weight excluding hydrogens is 368 g/mol. The second kappa shape index (κ2) is 8.39. The summed E-state index contributed by atoms with van der Waals surface area (Å²) in [4.78, 5) is 19.4. The summed E-state index contributed by atoms with van der Waals surface area (Å²) in [7, 11) is 1.57. The Morgan fingerprint density at radius 2 is 2.03 bits per heavy atom. The number of carbonyl (C=O) groups is 1. The normalized spacial score (nSPS) is 14.7. The number of fused-ring (bicyclic) bond motifs is 1. The van der Waals surface area contributed by atoms with E-state index < -0.39 is 0 Å². The van der Waals surface area contributed by atoms with Gasteiger partial charge in [-0.1, -0.05) is 24.8 Å². The van der Waals surface area contributed by atoms with Gasteiger partial charge in [0.2, 0.25) is 0 Å². The summed E-state index contributed by atoms with van der Waals surface area (Å²) in [6.07, 6.45) is 3.33. The van der Waals surface area contributed by atoms with Gasteiger partial charge in [-0.25, -0.2) is 4.98 Å². The van der Waals surface area contributed by atoms with Crippen molar-refractivity contribution in [3.63, 3.8) is 0 Å². The van der Waals surface area contributed by atoms with Gasteiger partial charge in [0.15, 0.2) is 23.0 Å². The van der Waals surface area contributed by atoms with Gasteiger partial charge in [-0.2, -0.15) is 0 Å². The number of para-hydroxylation sites is 2. The van der Waals surface area contributed by atoms with Crippen LogP contribution in [0.15, 0.2) is 59.5 Å². The lowest BCUT2D eigenvalue weighted by atomic mass is 9.96. The van der Waals surface area contributed by atoms with Crippen LogP contribution in [-0.2, 0) is 0 Å². The van der Waals surface area contributed by atoms with Crippen LogP contribution < -0.4 is 9.47 Å². The SMILES string of the molecule is C=CCOc1ccc(C(=O)N2CCC(c3nc4ccccc4o3)CC2)cc1OC. The van der Waals surface area contributed by atoms with Gasteiger partial charge in [0.05, 0.1) is 7.11 Å². The number of methoxy groups -OCH3 is 1. The Morgan fingerprint density at radius 3 is 2.76 bits per heavy atom. The van der Waals surface area contributed by atoms with Crippen LogP contribution in [-0.4, -0.2) is 42.6 Å². The van der Waals surface area contributed by atoms with Crippen LogP contribution in [0.4, 0.5) is 0 Å². The number of piperidine rings is 1. The maximum atomic E-state index is 13.0. The first-order valence-corrected chi connectivity index (χ1v) is 9.76. The number of ether oxygens (including phenoxy) is 2.